The second kappa shape index (κ2) is 5.71. The summed E-state index contributed by atoms with van der Waals surface area (Å²) in [5.74, 6) is -0.530. The number of hydrogen-bond acceptors (Lipinski definition) is 3. The van der Waals surface area contributed by atoms with Crippen molar-refractivity contribution >= 4 is 45.6 Å². The molecule has 0 N–H and O–H groups in total. The predicted molar refractivity (Wildman–Crippen MR) is 108 cm³/mol. The summed E-state index contributed by atoms with van der Waals surface area (Å²) in [5, 5.41) is 3.30. The van der Waals surface area contributed by atoms with E-state index in [1.807, 2.05) is 6.07 Å². The normalized spacial score (nSPS) is 14.5. The Kier molecular flexibility index (Phi) is 3.00. The monoisotopic (exact) mass is 369 g/mol. The lowest BCUT2D eigenvalue weighted by Gasteiger charge is -2.17. The molecule has 0 aliphatic heterocycles. The zero-order valence-corrected chi connectivity index (χ0v) is 16.0. The van der Waals surface area contributed by atoms with Gasteiger partial charge in [-0.2, -0.15) is 0 Å². The van der Waals surface area contributed by atoms with Crippen molar-refractivity contribution in [1.82, 2.24) is 9.97 Å². The fraction of sp³-hybridized carbons (Fsp3) is 0.200. The molecule has 0 saturated heterocycles. The highest BCUT2D eigenvalue weighted by molar-refractivity contribution is 7.18. The third-order valence-corrected chi connectivity index (χ3v) is 7.24. The molecule has 0 fully saturated rings. The highest BCUT2D eigenvalue weighted by atomic mass is 32.1. The highest BCUT2D eigenvalue weighted by Crippen LogP contribution is 2.31. The van der Waals surface area contributed by atoms with Gasteiger partial charge in [0, 0.05) is 21.3 Å². The molecule has 5 heteroatoms. The fourth-order valence-electron chi connectivity index (χ4n) is 2.91. The van der Waals surface area contributed by atoms with Gasteiger partial charge in [-0.05, 0) is 30.4 Å². The fourth-order valence-corrected chi connectivity index (χ4v) is 4.80. The van der Waals surface area contributed by atoms with Gasteiger partial charge in [-0.1, -0.05) is 43.0 Å². The minimum atomic E-state index is -2.34. The van der Waals surface area contributed by atoms with E-state index in [-0.39, 0.29) is 10.5 Å². The van der Waals surface area contributed by atoms with Gasteiger partial charge in [0.15, 0.2) is 5.82 Å². The SMILES string of the molecule is [2H]C([2H])([2H])c1nc2c(F)c(-c3cc4cc([Si](C)(C)C)ccc4cn3)ccc2s1. The van der Waals surface area contributed by atoms with E-state index in [1.165, 1.54) is 5.19 Å². The maximum absolute atomic E-state index is 15.2. The molecule has 4 rings (SSSR count). The average Bonchev–Trinajstić information content (AvgIpc) is 3.06. The first kappa shape index (κ1) is 13.1. The van der Waals surface area contributed by atoms with Crippen LogP contribution in [0, 0.1) is 12.7 Å². The van der Waals surface area contributed by atoms with Crippen LogP contribution in [0.15, 0.2) is 42.6 Å². The summed E-state index contributed by atoms with van der Waals surface area (Å²) in [6.45, 7) is 4.52. The summed E-state index contributed by atoms with van der Waals surface area (Å²) < 4.78 is 38.2. The number of rotatable bonds is 2. The van der Waals surface area contributed by atoms with E-state index in [2.05, 4.69) is 47.8 Å². The van der Waals surface area contributed by atoms with E-state index < -0.39 is 20.7 Å². The molecule has 126 valence electrons. The van der Waals surface area contributed by atoms with Crippen molar-refractivity contribution in [2.45, 2.75) is 26.5 Å². The number of halogens is 1. The van der Waals surface area contributed by atoms with Crippen LogP contribution < -0.4 is 5.19 Å². The third kappa shape index (κ3) is 2.87. The number of nitrogens with zero attached hydrogens (tertiary/aromatic N) is 2. The summed E-state index contributed by atoms with van der Waals surface area (Å²) in [6.07, 6.45) is 1.75. The molecule has 2 aromatic heterocycles. The van der Waals surface area contributed by atoms with Crippen LogP contribution in [-0.4, -0.2) is 18.0 Å². The van der Waals surface area contributed by atoms with E-state index in [9.17, 15) is 0 Å². The molecule has 25 heavy (non-hydrogen) atoms. The van der Waals surface area contributed by atoms with Gasteiger partial charge in [-0.25, -0.2) is 9.37 Å². The standard InChI is InChI=1S/C20H19FN2SSi/c1-12-23-20-18(24-12)8-7-16(19(20)21)17-10-14-9-15(25(2,3)4)6-5-13(14)11-22-17/h5-11H,1-4H3/i1D3. The zero-order valence-electron chi connectivity index (χ0n) is 17.2. The van der Waals surface area contributed by atoms with Gasteiger partial charge in [0.1, 0.15) is 5.52 Å². The number of thiazole rings is 1. The minimum Gasteiger partial charge on any atom is -0.255 e. The van der Waals surface area contributed by atoms with E-state index in [1.54, 1.807) is 18.3 Å². The Labute approximate surface area is 155 Å². The Morgan fingerprint density at radius 2 is 1.92 bits per heavy atom. The van der Waals surface area contributed by atoms with Gasteiger partial charge < -0.3 is 0 Å². The molecule has 2 heterocycles. The molecule has 0 aliphatic carbocycles. The molecule has 0 spiro atoms. The van der Waals surface area contributed by atoms with Crippen molar-refractivity contribution in [2.75, 3.05) is 0 Å². The largest absolute Gasteiger partial charge is 0.255 e. The summed E-state index contributed by atoms with van der Waals surface area (Å²) in [5.41, 5.74) is 0.935. The van der Waals surface area contributed by atoms with Gasteiger partial charge in [-0.3, -0.25) is 4.98 Å². The van der Waals surface area contributed by atoms with Gasteiger partial charge >= 0.3 is 0 Å². The van der Waals surface area contributed by atoms with Crippen LogP contribution in [0.4, 0.5) is 4.39 Å². The van der Waals surface area contributed by atoms with Gasteiger partial charge in [0.05, 0.1) is 23.5 Å². The van der Waals surface area contributed by atoms with Crippen molar-refractivity contribution in [3.8, 4) is 11.3 Å². The first-order valence-electron chi connectivity index (χ1n) is 9.54. The number of pyridine rings is 1. The molecule has 2 aromatic carbocycles. The molecule has 0 amide bonds. The second-order valence-electron chi connectivity index (χ2n) is 7.17. The Morgan fingerprint density at radius 3 is 2.68 bits per heavy atom. The predicted octanol–water partition coefficient (Wildman–Crippen LogP) is 5.50. The summed E-state index contributed by atoms with van der Waals surface area (Å²) in [7, 11) is -1.47. The van der Waals surface area contributed by atoms with Crippen LogP contribution in [0.2, 0.25) is 19.6 Å². The van der Waals surface area contributed by atoms with Crippen LogP contribution in [-0.2, 0) is 0 Å². The lowest BCUT2D eigenvalue weighted by atomic mass is 10.1. The molecule has 0 unspecified atom stereocenters. The molecular weight excluding hydrogens is 347 g/mol. The third-order valence-electron chi connectivity index (χ3n) is 4.36. The maximum Gasteiger partial charge on any atom is 0.159 e. The number of benzene rings is 2. The molecular formula is C20H19FN2SSi. The highest BCUT2D eigenvalue weighted by Gasteiger charge is 2.17. The summed E-state index contributed by atoms with van der Waals surface area (Å²) in [4.78, 5) is 8.47. The van der Waals surface area contributed by atoms with Gasteiger partial charge in [0.25, 0.3) is 0 Å². The molecule has 0 bridgehead atoms. The molecule has 0 saturated carbocycles. The van der Waals surface area contributed by atoms with Crippen LogP contribution in [0.5, 0.6) is 0 Å². The van der Waals surface area contributed by atoms with E-state index >= 15 is 4.39 Å². The Balaban J connectivity index is 1.87. The molecule has 0 aliphatic rings. The van der Waals surface area contributed by atoms with Crippen molar-refractivity contribution in [3.63, 3.8) is 0 Å². The minimum absolute atomic E-state index is 0.0511. The first-order valence-corrected chi connectivity index (χ1v) is 12.4. The first-order chi connectivity index (χ1) is 13.0. The maximum atomic E-state index is 15.2. The number of aromatic nitrogens is 2. The summed E-state index contributed by atoms with van der Waals surface area (Å²) >= 11 is 1.00. The molecule has 0 radical (unpaired) electrons. The Bertz CT molecular complexity index is 1210. The van der Waals surface area contributed by atoms with E-state index in [0.717, 1.165) is 22.1 Å². The van der Waals surface area contributed by atoms with E-state index in [0.29, 0.717) is 16.0 Å². The average molecular weight is 370 g/mol. The van der Waals surface area contributed by atoms with Crippen molar-refractivity contribution in [3.05, 3.63) is 53.4 Å². The van der Waals surface area contributed by atoms with Crippen molar-refractivity contribution in [1.29, 1.82) is 0 Å². The van der Waals surface area contributed by atoms with Crippen LogP contribution >= 0.6 is 11.3 Å². The van der Waals surface area contributed by atoms with Crippen LogP contribution in [0.3, 0.4) is 0 Å². The molecule has 2 nitrogen and oxygen atoms in total. The van der Waals surface area contributed by atoms with Gasteiger partial charge in [0.2, 0.25) is 0 Å². The Hall–Kier alpha value is -2.11. The number of fused-ring (bicyclic) bond motifs is 2. The van der Waals surface area contributed by atoms with Crippen molar-refractivity contribution in [2.24, 2.45) is 0 Å². The number of hydrogen-bond donors (Lipinski definition) is 0. The van der Waals surface area contributed by atoms with E-state index in [4.69, 9.17) is 4.11 Å². The zero-order chi connectivity index (χ0) is 20.3. The smallest absolute Gasteiger partial charge is 0.159 e. The van der Waals surface area contributed by atoms with Crippen molar-refractivity contribution < 1.29 is 8.50 Å². The lowest BCUT2D eigenvalue weighted by molar-refractivity contribution is 0.640. The lowest BCUT2D eigenvalue weighted by Crippen LogP contribution is -2.37. The quantitative estimate of drug-likeness (QED) is 0.436. The second-order valence-corrected chi connectivity index (χ2v) is 13.3. The van der Waals surface area contributed by atoms with Crippen LogP contribution in [0.1, 0.15) is 9.12 Å². The van der Waals surface area contributed by atoms with Gasteiger partial charge in [-0.15, -0.1) is 11.3 Å². The van der Waals surface area contributed by atoms with Crippen LogP contribution in [0.25, 0.3) is 32.2 Å². The topological polar surface area (TPSA) is 25.8 Å². The number of aryl methyl sites for hydroxylation is 1. The molecule has 4 aromatic rings. The Morgan fingerprint density at radius 1 is 1.08 bits per heavy atom. The summed E-state index contributed by atoms with van der Waals surface area (Å²) in [6, 6.07) is 11.6. The molecule has 0 atom stereocenters.